The minimum Gasteiger partial charge on any atom is -0.421 e. The van der Waals surface area contributed by atoms with Gasteiger partial charge in [0.2, 0.25) is 17.7 Å². The van der Waals surface area contributed by atoms with E-state index in [0.29, 0.717) is 17.3 Å². The molecule has 0 aliphatic carbocycles. The Morgan fingerprint density at radius 3 is 2.55 bits per heavy atom. The highest BCUT2D eigenvalue weighted by Crippen LogP contribution is 2.30. The second kappa shape index (κ2) is 8.46. The van der Waals surface area contributed by atoms with Crippen molar-refractivity contribution in [3.63, 3.8) is 0 Å². The standard InChI is InChI=1S/C21H20F3N3O2/c1-13-6-8-15(9-7-13)20-27-26-19(29-20)11-10-18(28)25-14(2)16-4-3-5-17(12-16)21(22,23)24/h3-9,12,14H,10-11H2,1-2H3,(H,25,28). The van der Waals surface area contributed by atoms with Gasteiger partial charge in [-0.2, -0.15) is 13.2 Å². The first kappa shape index (κ1) is 20.6. The molecule has 0 bridgehead atoms. The topological polar surface area (TPSA) is 68.0 Å². The van der Waals surface area contributed by atoms with Crippen LogP contribution in [0.2, 0.25) is 0 Å². The fraction of sp³-hybridized carbons (Fsp3) is 0.286. The highest BCUT2D eigenvalue weighted by atomic mass is 19.4. The molecule has 1 N–H and O–H groups in total. The largest absolute Gasteiger partial charge is 0.421 e. The van der Waals surface area contributed by atoms with Crippen molar-refractivity contribution in [1.29, 1.82) is 0 Å². The molecule has 0 aliphatic rings. The normalized spacial score (nSPS) is 12.6. The van der Waals surface area contributed by atoms with Gasteiger partial charge in [-0.3, -0.25) is 4.79 Å². The van der Waals surface area contributed by atoms with Gasteiger partial charge in [0.25, 0.3) is 0 Å². The van der Waals surface area contributed by atoms with Crippen LogP contribution in [0.1, 0.15) is 42.0 Å². The van der Waals surface area contributed by atoms with E-state index in [1.54, 1.807) is 13.0 Å². The number of nitrogens with one attached hydrogen (secondary N) is 1. The summed E-state index contributed by atoms with van der Waals surface area (Å²) >= 11 is 0. The molecular weight excluding hydrogens is 383 g/mol. The zero-order valence-electron chi connectivity index (χ0n) is 16.0. The van der Waals surface area contributed by atoms with E-state index < -0.39 is 17.8 Å². The van der Waals surface area contributed by atoms with E-state index in [-0.39, 0.29) is 18.7 Å². The SMILES string of the molecule is Cc1ccc(-c2nnc(CCC(=O)NC(C)c3cccc(C(F)(F)F)c3)o2)cc1. The fourth-order valence-corrected chi connectivity index (χ4v) is 2.77. The minimum atomic E-state index is -4.42. The summed E-state index contributed by atoms with van der Waals surface area (Å²) in [5.41, 5.74) is 1.54. The Hall–Kier alpha value is -3.16. The molecule has 29 heavy (non-hydrogen) atoms. The first-order chi connectivity index (χ1) is 13.7. The van der Waals surface area contributed by atoms with Crippen LogP contribution in [0.15, 0.2) is 52.9 Å². The molecule has 3 aromatic rings. The van der Waals surface area contributed by atoms with E-state index >= 15 is 0 Å². The lowest BCUT2D eigenvalue weighted by atomic mass is 10.0. The van der Waals surface area contributed by atoms with Crippen molar-refractivity contribution < 1.29 is 22.4 Å². The number of amides is 1. The lowest BCUT2D eigenvalue weighted by Crippen LogP contribution is -2.27. The molecule has 5 nitrogen and oxygen atoms in total. The number of aryl methyl sites for hydroxylation is 2. The lowest BCUT2D eigenvalue weighted by Gasteiger charge is -2.16. The van der Waals surface area contributed by atoms with Gasteiger partial charge >= 0.3 is 6.18 Å². The van der Waals surface area contributed by atoms with Crippen LogP contribution in [0.5, 0.6) is 0 Å². The second-order valence-electron chi connectivity index (χ2n) is 6.78. The molecule has 1 heterocycles. The van der Waals surface area contributed by atoms with Crippen molar-refractivity contribution in [3.8, 4) is 11.5 Å². The summed E-state index contributed by atoms with van der Waals surface area (Å²) in [4.78, 5) is 12.2. The van der Waals surface area contributed by atoms with Crippen molar-refractivity contribution in [3.05, 3.63) is 71.1 Å². The number of nitrogens with zero attached hydrogens (tertiary/aromatic N) is 2. The number of aromatic nitrogens is 2. The van der Waals surface area contributed by atoms with Crippen LogP contribution in [-0.4, -0.2) is 16.1 Å². The van der Waals surface area contributed by atoms with Crippen LogP contribution in [0.4, 0.5) is 13.2 Å². The number of carbonyl (C=O) groups is 1. The van der Waals surface area contributed by atoms with Gasteiger partial charge in [-0.05, 0) is 43.7 Å². The van der Waals surface area contributed by atoms with Gasteiger partial charge in [0.05, 0.1) is 11.6 Å². The maximum Gasteiger partial charge on any atom is 0.416 e. The van der Waals surface area contributed by atoms with E-state index in [1.165, 1.54) is 6.07 Å². The quantitative estimate of drug-likeness (QED) is 0.637. The fourth-order valence-electron chi connectivity index (χ4n) is 2.77. The third-order valence-corrected chi connectivity index (χ3v) is 4.42. The van der Waals surface area contributed by atoms with Gasteiger partial charge in [-0.1, -0.05) is 29.8 Å². The zero-order valence-corrected chi connectivity index (χ0v) is 16.0. The van der Waals surface area contributed by atoms with Gasteiger partial charge in [0, 0.05) is 18.4 Å². The number of rotatable bonds is 6. The van der Waals surface area contributed by atoms with Gasteiger partial charge in [0.1, 0.15) is 0 Å². The Morgan fingerprint density at radius 2 is 1.86 bits per heavy atom. The predicted octanol–water partition coefficient (Wildman–Crippen LogP) is 4.87. The summed E-state index contributed by atoms with van der Waals surface area (Å²) < 4.78 is 44.1. The van der Waals surface area contributed by atoms with Gasteiger partial charge in [-0.15, -0.1) is 10.2 Å². The Morgan fingerprint density at radius 1 is 1.14 bits per heavy atom. The maximum absolute atomic E-state index is 12.8. The summed E-state index contributed by atoms with van der Waals surface area (Å²) in [6, 6.07) is 12.0. The average Bonchev–Trinajstić information content (AvgIpc) is 3.15. The molecule has 0 radical (unpaired) electrons. The number of alkyl halides is 3. The summed E-state index contributed by atoms with van der Waals surface area (Å²) in [6.07, 6.45) is -4.11. The molecule has 2 aromatic carbocycles. The van der Waals surface area contributed by atoms with Crippen LogP contribution in [0, 0.1) is 6.92 Å². The van der Waals surface area contributed by atoms with Crippen molar-refractivity contribution in [2.45, 2.75) is 38.9 Å². The first-order valence-corrected chi connectivity index (χ1v) is 9.08. The van der Waals surface area contributed by atoms with Crippen LogP contribution in [0.25, 0.3) is 11.5 Å². The number of carbonyl (C=O) groups excluding carboxylic acids is 1. The number of benzene rings is 2. The highest BCUT2D eigenvalue weighted by molar-refractivity contribution is 5.76. The van der Waals surface area contributed by atoms with E-state index in [0.717, 1.165) is 23.3 Å². The molecule has 0 saturated heterocycles. The van der Waals surface area contributed by atoms with Crippen molar-refractivity contribution in [1.82, 2.24) is 15.5 Å². The monoisotopic (exact) mass is 403 g/mol. The Kier molecular flexibility index (Phi) is 6.00. The maximum atomic E-state index is 12.8. The van der Waals surface area contributed by atoms with E-state index in [9.17, 15) is 18.0 Å². The summed E-state index contributed by atoms with van der Waals surface area (Å²) in [5.74, 6) is 0.380. The number of halogens is 3. The first-order valence-electron chi connectivity index (χ1n) is 9.08. The second-order valence-corrected chi connectivity index (χ2v) is 6.78. The molecular formula is C21H20F3N3O2. The third-order valence-electron chi connectivity index (χ3n) is 4.42. The molecule has 1 amide bonds. The molecule has 1 unspecified atom stereocenters. The lowest BCUT2D eigenvalue weighted by molar-refractivity contribution is -0.137. The smallest absolute Gasteiger partial charge is 0.416 e. The molecule has 0 aliphatic heterocycles. The Bertz CT molecular complexity index is 981. The zero-order chi connectivity index (χ0) is 21.0. The van der Waals surface area contributed by atoms with E-state index in [2.05, 4.69) is 15.5 Å². The molecule has 0 spiro atoms. The molecule has 3 rings (SSSR count). The van der Waals surface area contributed by atoms with Gasteiger partial charge < -0.3 is 9.73 Å². The minimum absolute atomic E-state index is 0.0822. The van der Waals surface area contributed by atoms with Crippen LogP contribution < -0.4 is 5.32 Å². The predicted molar refractivity (Wildman–Crippen MR) is 101 cm³/mol. The van der Waals surface area contributed by atoms with Crippen molar-refractivity contribution in [2.24, 2.45) is 0 Å². The van der Waals surface area contributed by atoms with Crippen LogP contribution in [-0.2, 0) is 17.4 Å². The van der Waals surface area contributed by atoms with Gasteiger partial charge in [0.15, 0.2) is 0 Å². The number of hydrogen-bond acceptors (Lipinski definition) is 4. The average molecular weight is 403 g/mol. The molecule has 0 fully saturated rings. The van der Waals surface area contributed by atoms with Crippen molar-refractivity contribution >= 4 is 5.91 Å². The summed E-state index contributed by atoms with van der Waals surface area (Å²) in [6.45, 7) is 3.61. The number of hydrogen-bond donors (Lipinski definition) is 1. The van der Waals surface area contributed by atoms with E-state index in [4.69, 9.17) is 4.42 Å². The molecule has 152 valence electrons. The van der Waals surface area contributed by atoms with Crippen LogP contribution >= 0.6 is 0 Å². The molecule has 8 heteroatoms. The highest BCUT2D eigenvalue weighted by Gasteiger charge is 2.30. The summed E-state index contributed by atoms with van der Waals surface area (Å²) in [5, 5.41) is 10.6. The summed E-state index contributed by atoms with van der Waals surface area (Å²) in [7, 11) is 0. The molecule has 0 saturated carbocycles. The third kappa shape index (κ3) is 5.43. The Labute approximate surface area is 166 Å². The molecule has 1 atom stereocenters. The van der Waals surface area contributed by atoms with E-state index in [1.807, 2.05) is 31.2 Å². The Balaban J connectivity index is 1.56. The molecule has 1 aromatic heterocycles. The van der Waals surface area contributed by atoms with Gasteiger partial charge in [-0.25, -0.2) is 0 Å². The van der Waals surface area contributed by atoms with Crippen molar-refractivity contribution in [2.75, 3.05) is 0 Å². The van der Waals surface area contributed by atoms with Crippen LogP contribution in [0.3, 0.4) is 0 Å².